The lowest BCUT2D eigenvalue weighted by molar-refractivity contribution is -0.114. The fraction of sp³-hybridized carbons (Fsp3) is 0.0667. The number of benzene rings is 2. The van der Waals surface area contributed by atoms with Crippen molar-refractivity contribution in [1.82, 2.24) is 9.97 Å². The van der Waals surface area contributed by atoms with Crippen LogP contribution in [0.3, 0.4) is 0 Å². The van der Waals surface area contributed by atoms with Gasteiger partial charge >= 0.3 is 0 Å². The molecule has 0 spiro atoms. The maximum absolute atomic E-state index is 11.2. The van der Waals surface area contributed by atoms with Gasteiger partial charge in [-0.15, -0.1) is 0 Å². The lowest BCUT2D eigenvalue weighted by atomic mass is 10.2. The molecule has 0 unspecified atom stereocenters. The first kappa shape index (κ1) is 12.7. The molecule has 3 aromatic rings. The Labute approximate surface area is 120 Å². The quantitative estimate of drug-likeness (QED) is 0.751. The van der Waals surface area contributed by atoms with Crippen LogP contribution in [0.4, 0.5) is 5.69 Å². The molecule has 4 nitrogen and oxygen atoms in total. The zero-order valence-corrected chi connectivity index (χ0v) is 11.5. The standard InChI is InChI=1S/C15H12ClN3O/c1-9(20)17-14-8-10(6-7-11(14)16)15-18-12-4-2-3-5-13(12)19-15/h2-8H,1H3,(H,17,20)(H,18,19). The summed E-state index contributed by atoms with van der Waals surface area (Å²) < 4.78 is 0. The minimum atomic E-state index is -0.159. The van der Waals surface area contributed by atoms with E-state index in [2.05, 4.69) is 15.3 Å². The molecule has 3 rings (SSSR count). The van der Waals surface area contributed by atoms with Crippen molar-refractivity contribution in [3.05, 3.63) is 47.5 Å². The van der Waals surface area contributed by atoms with Gasteiger partial charge in [0.15, 0.2) is 0 Å². The van der Waals surface area contributed by atoms with Crippen molar-refractivity contribution in [1.29, 1.82) is 0 Å². The molecule has 2 N–H and O–H groups in total. The number of imidazole rings is 1. The van der Waals surface area contributed by atoms with Crippen LogP contribution in [0.15, 0.2) is 42.5 Å². The van der Waals surface area contributed by atoms with Crippen LogP contribution in [0.2, 0.25) is 5.02 Å². The molecule has 0 aliphatic heterocycles. The summed E-state index contributed by atoms with van der Waals surface area (Å²) in [5, 5.41) is 3.20. The van der Waals surface area contributed by atoms with Crippen molar-refractivity contribution in [2.24, 2.45) is 0 Å². The summed E-state index contributed by atoms with van der Waals surface area (Å²) in [5.74, 6) is 0.586. The largest absolute Gasteiger partial charge is 0.338 e. The molecule has 1 amide bonds. The van der Waals surface area contributed by atoms with E-state index in [1.807, 2.05) is 30.3 Å². The Morgan fingerprint density at radius 1 is 1.25 bits per heavy atom. The first-order valence-corrected chi connectivity index (χ1v) is 6.53. The number of carbonyl (C=O) groups is 1. The number of carbonyl (C=O) groups excluding carboxylic acids is 1. The predicted molar refractivity (Wildman–Crippen MR) is 80.8 cm³/mol. The predicted octanol–water partition coefficient (Wildman–Crippen LogP) is 3.84. The van der Waals surface area contributed by atoms with Gasteiger partial charge in [-0.1, -0.05) is 23.7 Å². The molecule has 5 heteroatoms. The van der Waals surface area contributed by atoms with Gasteiger partial charge in [-0.05, 0) is 30.3 Å². The molecule has 1 aromatic heterocycles. The minimum absolute atomic E-state index is 0.159. The number of fused-ring (bicyclic) bond motifs is 1. The average molecular weight is 286 g/mol. The molecule has 0 radical (unpaired) electrons. The Kier molecular flexibility index (Phi) is 3.16. The molecular formula is C15H12ClN3O. The lowest BCUT2D eigenvalue weighted by Crippen LogP contribution is -2.06. The number of anilines is 1. The molecule has 1 heterocycles. The second-order valence-electron chi connectivity index (χ2n) is 4.48. The Bertz CT molecular complexity index is 762. The van der Waals surface area contributed by atoms with Crippen LogP contribution in [-0.4, -0.2) is 15.9 Å². The van der Waals surface area contributed by atoms with Crippen molar-refractivity contribution in [2.45, 2.75) is 6.92 Å². The first-order chi connectivity index (χ1) is 9.63. The second-order valence-corrected chi connectivity index (χ2v) is 4.89. The van der Waals surface area contributed by atoms with Crippen molar-refractivity contribution in [3.63, 3.8) is 0 Å². The zero-order chi connectivity index (χ0) is 14.1. The van der Waals surface area contributed by atoms with Gasteiger partial charge in [-0.25, -0.2) is 4.98 Å². The van der Waals surface area contributed by atoms with E-state index in [-0.39, 0.29) is 5.91 Å². The van der Waals surface area contributed by atoms with Crippen LogP contribution < -0.4 is 5.32 Å². The van der Waals surface area contributed by atoms with Gasteiger partial charge in [0.1, 0.15) is 5.82 Å². The summed E-state index contributed by atoms with van der Waals surface area (Å²) in [5.41, 5.74) is 3.32. The van der Waals surface area contributed by atoms with Gasteiger partial charge in [0.2, 0.25) is 5.91 Å². The average Bonchev–Trinajstić information content (AvgIpc) is 2.84. The third-order valence-electron chi connectivity index (χ3n) is 2.94. The third-order valence-corrected chi connectivity index (χ3v) is 3.27. The Balaban J connectivity index is 2.07. The van der Waals surface area contributed by atoms with E-state index in [1.165, 1.54) is 6.92 Å². The maximum atomic E-state index is 11.2. The van der Waals surface area contributed by atoms with Crippen molar-refractivity contribution < 1.29 is 4.79 Å². The summed E-state index contributed by atoms with van der Waals surface area (Å²) in [4.78, 5) is 18.9. The van der Waals surface area contributed by atoms with Crippen LogP contribution in [-0.2, 0) is 4.79 Å². The Morgan fingerprint density at radius 2 is 2.05 bits per heavy atom. The van der Waals surface area contributed by atoms with Crippen LogP contribution in [0.25, 0.3) is 22.4 Å². The van der Waals surface area contributed by atoms with Gasteiger partial charge in [-0.2, -0.15) is 0 Å². The number of aromatic nitrogens is 2. The topological polar surface area (TPSA) is 57.8 Å². The maximum Gasteiger partial charge on any atom is 0.221 e. The van der Waals surface area contributed by atoms with Crippen molar-refractivity contribution in [3.8, 4) is 11.4 Å². The van der Waals surface area contributed by atoms with E-state index in [9.17, 15) is 4.79 Å². The van der Waals surface area contributed by atoms with E-state index in [1.54, 1.807) is 12.1 Å². The molecule has 0 atom stereocenters. The number of hydrogen-bond donors (Lipinski definition) is 2. The fourth-order valence-corrected chi connectivity index (χ4v) is 2.21. The highest BCUT2D eigenvalue weighted by Crippen LogP contribution is 2.28. The number of para-hydroxylation sites is 2. The fourth-order valence-electron chi connectivity index (χ4n) is 2.05. The number of hydrogen-bond acceptors (Lipinski definition) is 2. The second kappa shape index (κ2) is 4.98. The first-order valence-electron chi connectivity index (χ1n) is 6.16. The summed E-state index contributed by atoms with van der Waals surface area (Å²) in [6.45, 7) is 1.45. The van der Waals surface area contributed by atoms with Gasteiger partial charge in [0.25, 0.3) is 0 Å². The third kappa shape index (κ3) is 2.38. The monoisotopic (exact) mass is 285 g/mol. The molecule has 0 aliphatic rings. The van der Waals surface area contributed by atoms with E-state index >= 15 is 0 Å². The highest BCUT2D eigenvalue weighted by Gasteiger charge is 2.08. The number of rotatable bonds is 2. The Morgan fingerprint density at radius 3 is 2.80 bits per heavy atom. The summed E-state index contributed by atoms with van der Waals surface area (Å²) >= 11 is 6.06. The normalized spacial score (nSPS) is 10.7. The van der Waals surface area contributed by atoms with Gasteiger partial charge in [-0.3, -0.25) is 4.79 Å². The molecule has 2 aromatic carbocycles. The summed E-state index contributed by atoms with van der Waals surface area (Å²) in [7, 11) is 0. The van der Waals surface area contributed by atoms with Crippen molar-refractivity contribution in [2.75, 3.05) is 5.32 Å². The molecular weight excluding hydrogens is 274 g/mol. The van der Waals surface area contributed by atoms with E-state index in [0.717, 1.165) is 22.4 Å². The number of H-pyrrole nitrogens is 1. The number of halogens is 1. The molecule has 0 fully saturated rings. The van der Waals surface area contributed by atoms with E-state index < -0.39 is 0 Å². The van der Waals surface area contributed by atoms with Gasteiger partial charge < -0.3 is 10.3 Å². The van der Waals surface area contributed by atoms with Crippen molar-refractivity contribution >= 4 is 34.2 Å². The van der Waals surface area contributed by atoms with Crippen LogP contribution in [0.5, 0.6) is 0 Å². The highest BCUT2D eigenvalue weighted by molar-refractivity contribution is 6.33. The molecule has 0 saturated heterocycles. The van der Waals surface area contributed by atoms with Crippen LogP contribution >= 0.6 is 11.6 Å². The number of nitrogens with zero attached hydrogens (tertiary/aromatic N) is 1. The van der Waals surface area contributed by atoms with E-state index in [0.29, 0.717) is 10.7 Å². The number of amides is 1. The van der Waals surface area contributed by atoms with Gasteiger partial charge in [0.05, 0.1) is 21.7 Å². The molecule has 20 heavy (non-hydrogen) atoms. The number of nitrogens with one attached hydrogen (secondary N) is 2. The molecule has 0 saturated carbocycles. The van der Waals surface area contributed by atoms with Crippen LogP contribution in [0, 0.1) is 0 Å². The smallest absolute Gasteiger partial charge is 0.221 e. The Hall–Kier alpha value is -2.33. The molecule has 100 valence electrons. The van der Waals surface area contributed by atoms with Gasteiger partial charge in [0, 0.05) is 12.5 Å². The highest BCUT2D eigenvalue weighted by atomic mass is 35.5. The summed E-state index contributed by atoms with van der Waals surface area (Å²) in [6, 6.07) is 13.2. The summed E-state index contributed by atoms with van der Waals surface area (Å²) in [6.07, 6.45) is 0. The molecule has 0 aliphatic carbocycles. The van der Waals surface area contributed by atoms with E-state index in [4.69, 9.17) is 11.6 Å². The van der Waals surface area contributed by atoms with Crippen LogP contribution in [0.1, 0.15) is 6.92 Å². The minimum Gasteiger partial charge on any atom is -0.338 e. The number of aromatic amines is 1. The molecule has 0 bridgehead atoms. The zero-order valence-electron chi connectivity index (χ0n) is 10.8. The lowest BCUT2D eigenvalue weighted by Gasteiger charge is -2.06. The SMILES string of the molecule is CC(=O)Nc1cc(-c2nc3ccccc3[nH]2)ccc1Cl.